The molecule has 2 radical (unpaired) electrons. The first-order valence-electron chi connectivity index (χ1n) is 0.408. The molecule has 0 rings (SSSR count). The number of rotatable bonds is 0. The second-order valence-corrected chi connectivity index (χ2v) is 0.777. The topological polar surface area (TPSA) is 34.1 Å². The van der Waals surface area contributed by atoms with E-state index < -0.39 is 27.8 Å². The van der Waals surface area contributed by atoms with Crippen molar-refractivity contribution in [1.82, 2.24) is 0 Å². The van der Waals surface area contributed by atoms with E-state index in [2.05, 4.69) is 0 Å². The Morgan fingerprint density at radius 1 is 1.25 bits per heavy atom. The summed E-state index contributed by atoms with van der Waals surface area (Å²) in [4.78, 5) is 0. The van der Waals surface area contributed by atoms with Gasteiger partial charge in [-0.25, -0.2) is 0 Å². The molecule has 4 heteroatoms. The van der Waals surface area contributed by atoms with Gasteiger partial charge in [-0.15, -0.1) is 0 Å². The molecule has 0 aromatic rings. The summed E-state index contributed by atoms with van der Waals surface area (Å²) in [5.74, 6) is 0. The van der Waals surface area contributed by atoms with E-state index in [1.807, 2.05) is 0 Å². The van der Waals surface area contributed by atoms with Gasteiger partial charge in [0.05, 0.1) is 0 Å². The monoisotopic (exact) mass is 478 g/mol. The maximum absolute atomic E-state index is 8.58. The molecule has 0 atom stereocenters. The molecule has 0 aliphatic heterocycles. The largest absolute Gasteiger partial charge is 2.00 e. The molecule has 0 heterocycles. The minimum atomic E-state index is -2.51. The molecule has 0 aliphatic carbocycles. The fourth-order valence-electron chi connectivity index (χ4n) is 0. The first-order chi connectivity index (χ1) is 1.41. The second-order valence-electron chi connectivity index (χ2n) is 0.0833. The molecule has 0 fully saturated rings. The van der Waals surface area contributed by atoms with Crippen LogP contribution in [0.3, 0.4) is 0 Å². The van der Waals surface area contributed by atoms with Crippen LogP contribution >= 0.6 is 0 Å². The molecule has 16 valence electrons. The van der Waals surface area contributed by atoms with Gasteiger partial charge >= 0.3 is 59.6 Å². The standard InChI is InChI=1S/2O.Pb.U/q;;2*+2. The first kappa shape index (κ1) is 9.13. The normalized spacial score (nSPS) is 2.00. The van der Waals surface area contributed by atoms with Crippen LogP contribution in [0.4, 0.5) is 0 Å². The van der Waals surface area contributed by atoms with E-state index in [0.29, 0.717) is 0 Å². The third-order valence-electron chi connectivity index (χ3n) is 0. The van der Waals surface area contributed by atoms with E-state index in [9.17, 15) is 0 Å². The van der Waals surface area contributed by atoms with Crippen molar-refractivity contribution in [3.63, 3.8) is 0 Å². The van der Waals surface area contributed by atoms with Gasteiger partial charge in [0.1, 0.15) is 0 Å². The number of hydrogen-bond acceptors (Lipinski definition) is 2. The van der Waals surface area contributed by atoms with E-state index >= 15 is 0 Å². The van der Waals surface area contributed by atoms with Gasteiger partial charge < -0.3 is 0 Å². The molecule has 0 saturated heterocycles. The van der Waals surface area contributed by atoms with Gasteiger partial charge in [-0.2, -0.15) is 0 Å². The summed E-state index contributed by atoms with van der Waals surface area (Å²) < 4.78 is 17.2. The Hall–Kier alpha value is 1.57. The summed E-state index contributed by atoms with van der Waals surface area (Å²) in [7, 11) is 0. The van der Waals surface area contributed by atoms with Crippen molar-refractivity contribution in [2.75, 3.05) is 0 Å². The van der Waals surface area contributed by atoms with Crippen LogP contribution in [0.5, 0.6) is 0 Å². The van der Waals surface area contributed by atoms with Crippen LogP contribution in [0.25, 0.3) is 0 Å². The third-order valence-corrected chi connectivity index (χ3v) is 0. The summed E-state index contributed by atoms with van der Waals surface area (Å²) in [5, 5.41) is 0. The van der Waals surface area contributed by atoms with Crippen molar-refractivity contribution in [3.05, 3.63) is 0 Å². The Balaban J connectivity index is 0. The molecular formula is O2PbU+4. The van der Waals surface area contributed by atoms with Crippen LogP contribution in [0.15, 0.2) is 0 Å². The van der Waals surface area contributed by atoms with Crippen LogP contribution in [-0.2, 0) is 4.47 Å². The summed E-state index contributed by atoms with van der Waals surface area (Å²) >= 11 is -2.51. The van der Waals surface area contributed by atoms with Gasteiger partial charge in [0.25, 0.3) is 0 Å². The van der Waals surface area contributed by atoms with E-state index in [-0.39, 0.29) is 27.3 Å². The van der Waals surface area contributed by atoms with Gasteiger partial charge in [-0.05, 0) is 0 Å². The molecule has 0 unspecified atom stereocenters. The fourth-order valence-corrected chi connectivity index (χ4v) is 0. The van der Waals surface area contributed by atoms with Gasteiger partial charge in [-0.3, -0.25) is 0 Å². The average molecular weight is 477 g/mol. The van der Waals surface area contributed by atoms with Crippen LogP contribution in [0.1, 0.15) is 0 Å². The van der Waals surface area contributed by atoms with Crippen molar-refractivity contribution < 1.29 is 32.3 Å². The van der Waals surface area contributed by atoms with Crippen LogP contribution < -0.4 is 0 Å². The maximum atomic E-state index is 8.58. The van der Waals surface area contributed by atoms with E-state index in [4.69, 9.17) is 4.47 Å². The van der Waals surface area contributed by atoms with Gasteiger partial charge in [0.2, 0.25) is 0 Å². The van der Waals surface area contributed by atoms with Crippen LogP contribution in [0.2, 0.25) is 0 Å². The summed E-state index contributed by atoms with van der Waals surface area (Å²) in [6.45, 7) is 0. The Bertz CT molecular complexity index is 27.0. The SMILES string of the molecule is [O]=[U+2]=[O].[Pb+2]. The quantitative estimate of drug-likeness (QED) is 0.437. The third kappa shape index (κ3) is 9.56. The van der Waals surface area contributed by atoms with Crippen molar-refractivity contribution in [1.29, 1.82) is 0 Å². The summed E-state index contributed by atoms with van der Waals surface area (Å²) in [6.07, 6.45) is 0. The van der Waals surface area contributed by atoms with E-state index in [1.165, 1.54) is 0 Å². The molecular weight excluding hydrogens is 477 g/mol. The van der Waals surface area contributed by atoms with Gasteiger partial charge in [0, 0.05) is 0 Å². The van der Waals surface area contributed by atoms with Gasteiger partial charge in [-0.1, -0.05) is 0 Å². The maximum Gasteiger partial charge on any atom is 2.00 e. The molecule has 0 aromatic heterocycles. The van der Waals surface area contributed by atoms with Crippen molar-refractivity contribution in [3.8, 4) is 0 Å². The second kappa shape index (κ2) is 8.82. The van der Waals surface area contributed by atoms with Crippen molar-refractivity contribution >= 4 is 27.3 Å². The predicted molar refractivity (Wildman–Crippen MR) is 7.13 cm³/mol. The molecule has 0 N–H and O–H groups in total. The summed E-state index contributed by atoms with van der Waals surface area (Å²) in [5.41, 5.74) is 0. The Morgan fingerprint density at radius 3 is 1.25 bits per heavy atom. The van der Waals surface area contributed by atoms with E-state index in [1.54, 1.807) is 0 Å². The minimum Gasteiger partial charge on any atom is 2.00 e. The van der Waals surface area contributed by atoms with Gasteiger partial charge in [0.15, 0.2) is 0 Å². The molecule has 0 aromatic carbocycles. The zero-order valence-corrected chi connectivity index (χ0v) is 9.87. The molecule has 0 aliphatic rings. The minimum absolute atomic E-state index is 0. The molecule has 0 spiro atoms. The van der Waals surface area contributed by atoms with Crippen molar-refractivity contribution in [2.45, 2.75) is 0 Å². The zero-order valence-electron chi connectivity index (χ0n) is 1.82. The Kier molecular flexibility index (Phi) is 20.1. The average Bonchev–Trinajstić information content (AvgIpc) is 0.918. The fraction of sp³-hybridized carbons (Fsp3) is 0. The Labute approximate surface area is 58.7 Å². The molecule has 0 saturated carbocycles. The van der Waals surface area contributed by atoms with Crippen LogP contribution in [0, 0.1) is 27.8 Å². The smallest absolute Gasteiger partial charge is 2.00 e. The molecule has 4 heavy (non-hydrogen) atoms. The molecule has 2 nitrogen and oxygen atoms in total. The van der Waals surface area contributed by atoms with E-state index in [0.717, 1.165) is 0 Å². The predicted octanol–water partition coefficient (Wildman–Crippen LogP) is -0.618. The van der Waals surface area contributed by atoms with Crippen molar-refractivity contribution in [2.24, 2.45) is 0 Å². The molecule has 0 amide bonds. The Morgan fingerprint density at radius 2 is 1.25 bits per heavy atom. The zero-order chi connectivity index (χ0) is 2.71. The first-order valence-corrected chi connectivity index (χ1v) is 3.81. The number of hydrogen-bond donors (Lipinski definition) is 0. The van der Waals surface area contributed by atoms with Crippen LogP contribution in [-0.4, -0.2) is 27.3 Å². The molecule has 0 bridgehead atoms. The summed E-state index contributed by atoms with van der Waals surface area (Å²) in [6, 6.07) is 0.